The number of hydrogen-bond donors (Lipinski definition) is 1. The van der Waals surface area contributed by atoms with Crippen molar-refractivity contribution in [2.24, 2.45) is 0 Å². The number of ether oxygens (including phenoxy) is 1. The summed E-state index contributed by atoms with van der Waals surface area (Å²) in [5.41, 5.74) is 9.68. The van der Waals surface area contributed by atoms with E-state index in [0.717, 1.165) is 72.5 Å². The van der Waals surface area contributed by atoms with Gasteiger partial charge in [0.1, 0.15) is 35.2 Å². The third-order valence-electron chi connectivity index (χ3n) is 17.4. The average Bonchev–Trinajstić information content (AvgIpc) is 1.87. The molecule has 0 aliphatic carbocycles. The Labute approximate surface area is 565 Å². The van der Waals surface area contributed by atoms with E-state index in [9.17, 15) is 18.3 Å². The zero-order valence-corrected chi connectivity index (χ0v) is 59.1. The van der Waals surface area contributed by atoms with Crippen LogP contribution >= 0.6 is 0 Å². The first-order valence-electron chi connectivity index (χ1n) is 34.7. The summed E-state index contributed by atoms with van der Waals surface area (Å²) in [7, 11) is 0. The second-order valence-corrected chi connectivity index (χ2v) is 27.2. The van der Waals surface area contributed by atoms with Crippen molar-refractivity contribution in [2.45, 2.75) is 202 Å². The number of halogens is 3. The van der Waals surface area contributed by atoms with Gasteiger partial charge < -0.3 is 29.4 Å². The first kappa shape index (κ1) is 74.5. The summed E-state index contributed by atoms with van der Waals surface area (Å²) in [6, 6.07) is 38.9. The van der Waals surface area contributed by atoms with Crippen LogP contribution in [-0.2, 0) is 0 Å². The molecule has 0 spiro atoms. The van der Waals surface area contributed by atoms with Gasteiger partial charge in [-0.2, -0.15) is 0 Å². The van der Waals surface area contributed by atoms with Crippen molar-refractivity contribution >= 4 is 23.3 Å². The lowest BCUT2D eigenvalue weighted by Crippen LogP contribution is -2.31. The molecule has 0 amide bonds. The number of aliphatic hydroxyl groups excluding tert-OH is 1. The Hall–Kier alpha value is -7.92. The minimum absolute atomic E-state index is 0.0683. The molecule has 14 nitrogen and oxygen atoms in total. The smallest absolute Gasteiger partial charge is 0.266 e. The number of aryl methyl sites for hydroxylation is 1. The maximum absolute atomic E-state index is 13.1. The molecule has 3 atom stereocenters. The molecule has 1 N–H and O–H groups in total. The average molecular weight is 1300 g/mol. The number of anilines is 4. The van der Waals surface area contributed by atoms with Crippen LogP contribution < -0.4 is 24.3 Å². The molecule has 17 heteroatoms. The minimum Gasteiger partial charge on any atom is -0.439 e. The van der Waals surface area contributed by atoms with Gasteiger partial charge in [0.05, 0.1) is 30.9 Å². The number of pyridine rings is 5. The molecule has 4 aliphatic rings. The Morgan fingerprint density at radius 1 is 0.505 bits per heavy atom. The van der Waals surface area contributed by atoms with E-state index in [1.807, 2.05) is 83.8 Å². The maximum atomic E-state index is 13.1. The zero-order chi connectivity index (χ0) is 68.6. The van der Waals surface area contributed by atoms with Gasteiger partial charge in [-0.3, -0.25) is 0 Å². The molecule has 0 radical (unpaired) electrons. The highest BCUT2D eigenvalue weighted by atomic mass is 19.3. The van der Waals surface area contributed by atoms with E-state index < -0.39 is 12.1 Å². The van der Waals surface area contributed by atoms with E-state index in [0.29, 0.717) is 60.9 Å². The minimum atomic E-state index is -2.56. The molecule has 10 heterocycles. The molecule has 6 aromatic heterocycles. The molecule has 4 fully saturated rings. The van der Waals surface area contributed by atoms with Gasteiger partial charge in [-0.25, -0.2) is 42.8 Å². The van der Waals surface area contributed by atoms with Crippen LogP contribution in [0.1, 0.15) is 221 Å². The van der Waals surface area contributed by atoms with Crippen molar-refractivity contribution in [3.05, 3.63) is 197 Å². The number of β-amino-alcohol motifs (C(OH)–C–C–N with tert-alkyl or cyclic N) is 1. The van der Waals surface area contributed by atoms with E-state index in [2.05, 4.69) is 202 Å². The molecule has 0 bridgehead atoms. The number of benzene rings is 2. The highest BCUT2D eigenvalue weighted by molar-refractivity contribution is 5.52. The fraction of sp³-hybridized carbons (Fsp3) is 0.500. The van der Waals surface area contributed by atoms with Gasteiger partial charge in [-0.15, -0.1) is 5.10 Å². The van der Waals surface area contributed by atoms with Gasteiger partial charge in [0.15, 0.2) is 0 Å². The lowest BCUT2D eigenvalue weighted by Gasteiger charge is -2.30. The van der Waals surface area contributed by atoms with Crippen molar-refractivity contribution in [1.29, 1.82) is 0 Å². The van der Waals surface area contributed by atoms with Crippen LogP contribution in [0.15, 0.2) is 152 Å². The number of piperidine rings is 1. The second-order valence-electron chi connectivity index (χ2n) is 27.2. The Balaban J connectivity index is 0.000000161. The number of para-hydroxylation sites is 1. The number of alkyl halides is 3. The number of hydrogen-bond acceptors (Lipinski definition) is 13. The first-order chi connectivity index (χ1) is 45.5. The summed E-state index contributed by atoms with van der Waals surface area (Å²) in [6.45, 7) is 35.5. The molecule has 95 heavy (non-hydrogen) atoms. The maximum Gasteiger partial charge on any atom is 0.266 e. The van der Waals surface area contributed by atoms with Crippen molar-refractivity contribution in [3.8, 4) is 11.6 Å². The SMILES string of the molecule is CC(C)c1cccnc1N1CCC(F)(F)C1.CC(C)c1cccnc1N1CCC(F)C1.CC(C)c1cccnc1N1CCC(O)C1.CC(C)c1cccnc1N1CCCCC1.CC(C)c1cccnc1Oc1ccccc1.CCC(c1ccc(C)cc1)n1cc(C(C)C)nn1. The number of nitrogens with zero attached hydrogens (tertiary/aromatic N) is 12. The van der Waals surface area contributed by atoms with Crippen LogP contribution in [0.4, 0.5) is 36.4 Å². The second kappa shape index (κ2) is 36.8. The lowest BCUT2D eigenvalue weighted by molar-refractivity contribution is 0.0256. The lowest BCUT2D eigenvalue weighted by atomic mass is 10.0. The van der Waals surface area contributed by atoms with Crippen LogP contribution in [0, 0.1) is 6.92 Å². The topological polar surface area (TPSA) is 138 Å². The molecule has 512 valence electrons. The van der Waals surface area contributed by atoms with E-state index in [1.54, 1.807) is 23.5 Å². The van der Waals surface area contributed by atoms with E-state index in [-0.39, 0.29) is 25.1 Å². The van der Waals surface area contributed by atoms with E-state index >= 15 is 0 Å². The highest BCUT2D eigenvalue weighted by Gasteiger charge is 2.39. The predicted octanol–water partition coefficient (Wildman–Crippen LogP) is 18.5. The third kappa shape index (κ3) is 22.3. The first-order valence-corrected chi connectivity index (χ1v) is 34.7. The molecule has 4 saturated heterocycles. The van der Waals surface area contributed by atoms with Crippen LogP contribution in [0.3, 0.4) is 0 Å². The Morgan fingerprint density at radius 3 is 1.39 bits per heavy atom. The Kier molecular flexibility index (Phi) is 28.9. The number of aliphatic hydroxyl groups is 1. The van der Waals surface area contributed by atoms with Gasteiger partial charge in [0.25, 0.3) is 5.92 Å². The fourth-order valence-electron chi connectivity index (χ4n) is 12.0. The van der Waals surface area contributed by atoms with Crippen molar-refractivity contribution in [3.63, 3.8) is 0 Å². The summed E-state index contributed by atoms with van der Waals surface area (Å²) in [6.07, 6.45) is 16.6. The molecule has 0 saturated carbocycles. The summed E-state index contributed by atoms with van der Waals surface area (Å²) >= 11 is 0. The Bertz CT molecular complexity index is 3360. The van der Waals surface area contributed by atoms with Crippen molar-refractivity contribution in [2.75, 3.05) is 72.0 Å². The summed E-state index contributed by atoms with van der Waals surface area (Å²) in [5, 5.41) is 18.0. The molecule has 2 aromatic carbocycles. The number of aromatic nitrogens is 8. The molecule has 12 rings (SSSR count). The summed E-state index contributed by atoms with van der Waals surface area (Å²) in [5.74, 6) is 5.52. The third-order valence-corrected chi connectivity index (χ3v) is 17.4. The fourth-order valence-corrected chi connectivity index (χ4v) is 12.0. The number of rotatable bonds is 15. The monoisotopic (exact) mass is 1300 g/mol. The van der Waals surface area contributed by atoms with Crippen molar-refractivity contribution < 1.29 is 23.0 Å². The highest BCUT2D eigenvalue weighted by Crippen LogP contribution is 2.35. The van der Waals surface area contributed by atoms with Gasteiger partial charge in [-0.05, 0) is 151 Å². The largest absolute Gasteiger partial charge is 0.439 e. The molecule has 4 aliphatic heterocycles. The zero-order valence-electron chi connectivity index (χ0n) is 59.1. The molecule has 8 aromatic rings. The van der Waals surface area contributed by atoms with Gasteiger partial charge in [-0.1, -0.05) is 174 Å². The Morgan fingerprint density at radius 2 is 0.968 bits per heavy atom. The molecule has 3 unspecified atom stereocenters. The quantitative estimate of drug-likeness (QED) is 0.104. The summed E-state index contributed by atoms with van der Waals surface area (Å²) < 4.78 is 47.2. The van der Waals surface area contributed by atoms with Gasteiger partial charge in [0, 0.05) is 88.4 Å². The van der Waals surface area contributed by atoms with E-state index in [4.69, 9.17) is 4.74 Å². The van der Waals surface area contributed by atoms with Gasteiger partial charge in [0.2, 0.25) is 5.88 Å². The predicted molar refractivity (Wildman–Crippen MR) is 384 cm³/mol. The molecular weight excluding hydrogens is 1190 g/mol. The molecular formula is C78H107F3N12O2. The van der Waals surface area contributed by atoms with Crippen LogP contribution in [0.5, 0.6) is 11.6 Å². The summed E-state index contributed by atoms with van der Waals surface area (Å²) in [4.78, 5) is 30.2. The standard InChI is InChI=1S/C15H21N3.C14H15NO.C13H20N2.C12H16F2N2.C12H17FN2.C12H18N2O/c1-5-15(13-8-6-12(4)7-9-13)18-10-14(11(2)3)16-17-18;1-11(2)13-9-6-10-15-14(13)16-12-7-4-3-5-8-12;1-11(2)12-7-6-8-14-13(12)15-9-4-3-5-10-15;1-9(2)10-4-3-6-15-11(10)16-7-5-12(13,14)8-16;1-9(2)11-4-3-6-14-12(11)15-7-5-10(13)8-15;1-9(2)11-4-3-6-13-12(11)14-7-5-10(15)8-14/h6-11,15H,5H2,1-4H3;3-11H,1-2H3;6-8,11H,3-5,9-10H2,1-2H3;3-4,6,9H,5,7-8H2,1-2H3;3-4,6,9-10H,5,7-8H2,1-2H3;3-4,6,9-10,15H,5,7-8H2,1-2H3. The van der Waals surface area contributed by atoms with Crippen LogP contribution in [0.2, 0.25) is 0 Å². The normalized spacial score (nSPS) is 16.9. The van der Waals surface area contributed by atoms with Gasteiger partial charge >= 0.3 is 0 Å². The van der Waals surface area contributed by atoms with Crippen LogP contribution in [-0.4, -0.2) is 116 Å². The van der Waals surface area contributed by atoms with E-state index in [1.165, 1.54) is 66.0 Å². The van der Waals surface area contributed by atoms with Crippen molar-refractivity contribution in [1.82, 2.24) is 39.9 Å². The van der Waals surface area contributed by atoms with Crippen LogP contribution in [0.25, 0.3) is 0 Å².